The van der Waals surface area contributed by atoms with Gasteiger partial charge in [0.25, 0.3) is 0 Å². The Morgan fingerprint density at radius 3 is 2.60 bits per heavy atom. The number of aromatic nitrogens is 1. The number of likely N-dealkylation sites (N-methyl/N-ethyl adjacent to an activating group) is 1. The first-order chi connectivity index (χ1) is 19.6. The van der Waals surface area contributed by atoms with Crippen LogP contribution in [0.5, 0.6) is 0 Å². The number of fused-ring (bicyclic) bond motifs is 1. The largest absolute Gasteiger partial charge is 0.675 e. The maximum atomic E-state index is 12.3. The molecule has 0 spiro atoms. The average molecular weight is 662 g/mol. The quantitative estimate of drug-likeness (QED) is 0.136. The van der Waals surface area contributed by atoms with E-state index >= 15 is 0 Å². The molecule has 2 aliphatic carbocycles. The predicted molar refractivity (Wildman–Crippen MR) is 169 cm³/mol. The number of nitrogens with zero attached hydrogens (tertiary/aromatic N) is 3. The first-order valence-corrected chi connectivity index (χ1v) is 15.4. The van der Waals surface area contributed by atoms with Gasteiger partial charge in [-0.2, -0.15) is 24.1 Å². The van der Waals surface area contributed by atoms with E-state index in [1.807, 2.05) is 18.3 Å². The van der Waals surface area contributed by atoms with Gasteiger partial charge in [-0.15, -0.1) is 24.8 Å². The van der Waals surface area contributed by atoms with Crippen molar-refractivity contribution in [3.8, 4) is 0 Å². The van der Waals surface area contributed by atoms with Crippen molar-refractivity contribution in [3.63, 3.8) is 0 Å². The van der Waals surface area contributed by atoms with E-state index in [1.54, 1.807) is 0 Å². The van der Waals surface area contributed by atoms with Crippen molar-refractivity contribution in [1.82, 2.24) is 20.2 Å². The Bertz CT molecular complexity index is 904. The molecule has 4 N–H and O–H groups in total. The zero-order valence-electron chi connectivity index (χ0n) is 26.2. The zero-order chi connectivity index (χ0) is 30.1. The number of nitrogens with one attached hydrogen (secondary N) is 2. The van der Waals surface area contributed by atoms with Gasteiger partial charge in [0.1, 0.15) is 0 Å². The number of rotatable bonds is 9. The Morgan fingerprint density at radius 2 is 1.98 bits per heavy atom. The molecule has 1 radical (unpaired) electrons. The van der Waals surface area contributed by atoms with Gasteiger partial charge >= 0.3 is 0 Å². The molecule has 2 heterocycles. The van der Waals surface area contributed by atoms with Crippen molar-refractivity contribution in [2.24, 2.45) is 11.8 Å². The van der Waals surface area contributed by atoms with Crippen molar-refractivity contribution in [2.75, 3.05) is 39.8 Å². The summed E-state index contributed by atoms with van der Waals surface area (Å²) in [6, 6.07) is 4.50. The molecule has 3 aliphatic rings. The third kappa shape index (κ3) is 16.2. The van der Waals surface area contributed by atoms with Gasteiger partial charge < -0.3 is 10.6 Å². The molecule has 1 aliphatic heterocycles. The van der Waals surface area contributed by atoms with Crippen LogP contribution in [0.1, 0.15) is 70.1 Å². The number of hydrazine groups is 1. The van der Waals surface area contributed by atoms with E-state index < -0.39 is 5.92 Å². The molecule has 1 atom stereocenters. The number of hydrogen-bond donors (Lipinski definition) is 2. The van der Waals surface area contributed by atoms with Gasteiger partial charge in [-0.1, -0.05) is 39.2 Å². The summed E-state index contributed by atoms with van der Waals surface area (Å²) in [4.78, 5) is 9.23. The molecule has 235 valence electrons. The fourth-order valence-electron chi connectivity index (χ4n) is 5.19. The van der Waals surface area contributed by atoms with Crippen molar-refractivity contribution in [3.05, 3.63) is 78.2 Å². The van der Waals surface area contributed by atoms with Crippen LogP contribution in [0.2, 0.25) is 0 Å². The van der Waals surface area contributed by atoms with Crippen molar-refractivity contribution in [1.29, 1.82) is 0 Å². The van der Waals surface area contributed by atoms with Crippen LogP contribution in [0.3, 0.4) is 0 Å². The minimum atomic E-state index is -2.46. The van der Waals surface area contributed by atoms with Crippen LogP contribution in [0, 0.1) is 12.3 Å². The number of pyridine rings is 1. The Kier molecular flexibility index (Phi) is 20.1. The Hall–Kier alpha value is -0.996. The second-order valence-corrected chi connectivity index (χ2v) is 11.8. The topological polar surface area (TPSA) is 81.2 Å². The molecule has 2 fully saturated rings. The first kappa shape index (κ1) is 39.0. The number of hydrogen-bond acceptors (Lipinski definition) is 5. The van der Waals surface area contributed by atoms with Gasteiger partial charge in [-0.25, -0.2) is 8.78 Å². The fraction of sp³-hybridized carbons (Fsp3) is 0.636. The summed E-state index contributed by atoms with van der Waals surface area (Å²) in [7, 11) is 2.17. The van der Waals surface area contributed by atoms with Crippen molar-refractivity contribution >= 4 is 0 Å². The molecule has 1 aromatic heterocycles. The van der Waals surface area contributed by atoms with Gasteiger partial charge in [0.2, 0.25) is 5.92 Å². The number of nitrogens with two attached hydrogens (primary N) is 1. The molecular formula is C33H54F2N6Y-2. The third-order valence-corrected chi connectivity index (χ3v) is 7.84. The number of halogens is 2. The van der Waals surface area contributed by atoms with E-state index in [1.165, 1.54) is 42.5 Å². The number of allylic oxidation sites excluding steroid dienone is 5. The van der Waals surface area contributed by atoms with Gasteiger partial charge in [-0.3, -0.25) is 21.2 Å². The molecule has 1 aromatic rings. The van der Waals surface area contributed by atoms with Crippen LogP contribution < -0.4 is 11.3 Å². The third-order valence-electron chi connectivity index (χ3n) is 7.84. The average Bonchev–Trinajstić information content (AvgIpc) is 2.96. The minimum absolute atomic E-state index is 0. The first-order valence-electron chi connectivity index (χ1n) is 15.4. The minimum Gasteiger partial charge on any atom is -0.675 e. The smallest absolute Gasteiger partial charge is 0.248 e. The number of alkyl halides is 2. The molecule has 1 unspecified atom stereocenters. The normalized spacial score (nSPS) is 21.3. The number of piperazine rings is 1. The summed E-state index contributed by atoms with van der Waals surface area (Å²) in [6.45, 7) is 13.4. The molecule has 1 saturated heterocycles. The van der Waals surface area contributed by atoms with Crippen LogP contribution in [0.15, 0.2) is 54.8 Å². The molecule has 42 heavy (non-hydrogen) atoms. The summed E-state index contributed by atoms with van der Waals surface area (Å²) in [5.41, 5.74) is 14.0. The molecular weight excluding hydrogens is 607 g/mol. The van der Waals surface area contributed by atoms with E-state index in [2.05, 4.69) is 78.4 Å². The molecule has 4 rings (SSSR count). The van der Waals surface area contributed by atoms with Gasteiger partial charge in [0.05, 0.1) is 0 Å². The summed E-state index contributed by atoms with van der Waals surface area (Å²) in [5, 5.41) is 0. The summed E-state index contributed by atoms with van der Waals surface area (Å²) < 4.78 is 24.6. The van der Waals surface area contributed by atoms with Crippen LogP contribution in [0.25, 0.3) is 5.73 Å². The second-order valence-electron chi connectivity index (χ2n) is 11.8. The van der Waals surface area contributed by atoms with Crippen LogP contribution in [-0.4, -0.2) is 72.6 Å². The maximum absolute atomic E-state index is 12.3. The maximum Gasteiger partial charge on any atom is 0.248 e. The van der Waals surface area contributed by atoms with E-state index in [4.69, 9.17) is 11.6 Å². The van der Waals surface area contributed by atoms with E-state index in [-0.39, 0.29) is 51.6 Å². The molecule has 0 amide bonds. The van der Waals surface area contributed by atoms with Crippen LogP contribution >= 0.6 is 0 Å². The standard InChI is InChI=1S/C18H33N4.C9H11N.C6H10F2N.Y/c1-5-7-17(10-9-16(2)3)8-6-11-22-13-12-21(4)18(15-22)14-20-19;1-2-6-9-8(4-1)5-3-7-10-9;7-6(8)3-1-5(9)2-4-6;/h5,7-10,16,18,20H,1,6,11-15,19H2,2-4H3;3,5,7H,1-2,4,6H2;5,9H,1-4H2;/q-1;;-1;/b10-9-,17-7-;;;. The molecule has 9 heteroatoms. The molecule has 6 nitrogen and oxygen atoms in total. The van der Waals surface area contributed by atoms with Crippen molar-refractivity contribution < 1.29 is 41.5 Å². The van der Waals surface area contributed by atoms with Crippen molar-refractivity contribution in [2.45, 2.75) is 89.6 Å². The number of aryl methyl sites for hydroxylation is 2. The Balaban J connectivity index is 0.000000360. The Labute approximate surface area is 279 Å². The SMILES string of the molecule is C=C/C=C(\C=C/C(C)C)[CH-]CCN1CCN(C)C(CNN)C1.[NH-]C1CCC(F)(F)CC1.[Y].c1cnc2c(c1)CCCC2. The summed E-state index contributed by atoms with van der Waals surface area (Å²) in [6.07, 6.45) is 19.3. The van der Waals surface area contributed by atoms with Gasteiger partial charge in [-0.05, 0) is 56.8 Å². The monoisotopic (exact) mass is 661 g/mol. The zero-order valence-corrected chi connectivity index (χ0v) is 29.0. The summed E-state index contributed by atoms with van der Waals surface area (Å²) >= 11 is 0. The fourth-order valence-corrected chi connectivity index (χ4v) is 5.19. The second kappa shape index (κ2) is 21.7. The van der Waals surface area contributed by atoms with E-state index in [0.29, 0.717) is 24.8 Å². The molecule has 0 bridgehead atoms. The molecule has 0 aromatic carbocycles. The van der Waals surface area contributed by atoms with Crippen LogP contribution in [0.4, 0.5) is 8.78 Å². The van der Waals surface area contributed by atoms with Gasteiger partial charge in [0.15, 0.2) is 0 Å². The molecule has 1 saturated carbocycles. The van der Waals surface area contributed by atoms with E-state index in [0.717, 1.165) is 39.1 Å². The van der Waals surface area contributed by atoms with Gasteiger partial charge in [0, 0.05) is 89.7 Å². The predicted octanol–water partition coefficient (Wildman–Crippen LogP) is 6.56. The Morgan fingerprint density at radius 1 is 1.26 bits per heavy atom. The summed E-state index contributed by atoms with van der Waals surface area (Å²) in [5.74, 6) is 3.58. The van der Waals surface area contributed by atoms with Crippen LogP contribution in [-0.2, 0) is 45.6 Å². The van der Waals surface area contributed by atoms with E-state index in [9.17, 15) is 8.78 Å².